The van der Waals surface area contributed by atoms with Crippen molar-refractivity contribution in [3.8, 4) is 0 Å². The molecule has 2 aromatic rings. The fraction of sp³-hybridized carbons (Fsp3) is 0.481. The Hall–Kier alpha value is -2.62. The monoisotopic (exact) mass is 422 g/mol. The van der Waals surface area contributed by atoms with Crippen LogP contribution in [0.1, 0.15) is 69.2 Å². The number of hydrogen-bond acceptors (Lipinski definition) is 2. The van der Waals surface area contributed by atoms with Gasteiger partial charge in [-0.3, -0.25) is 9.59 Å². The Morgan fingerprint density at radius 3 is 2.16 bits per heavy atom. The fourth-order valence-corrected chi connectivity index (χ4v) is 3.47. The number of rotatable bonds is 10. The number of benzene rings is 2. The molecule has 0 spiro atoms. The highest BCUT2D eigenvalue weighted by Gasteiger charge is 2.26. The van der Waals surface area contributed by atoms with Crippen LogP contribution in [0.2, 0.25) is 0 Å². The third kappa shape index (κ3) is 7.54. The van der Waals surface area contributed by atoms with Crippen LogP contribution in [0.25, 0.3) is 0 Å². The molecule has 0 aromatic heterocycles. The van der Waals surface area contributed by atoms with Crippen LogP contribution in [0.4, 0.5) is 0 Å². The first-order valence-electron chi connectivity index (χ1n) is 11.4. The summed E-state index contributed by atoms with van der Waals surface area (Å²) >= 11 is 0. The van der Waals surface area contributed by atoms with E-state index in [1.807, 2.05) is 38.1 Å². The summed E-state index contributed by atoms with van der Waals surface area (Å²) in [5.41, 5.74) is 4.64. The van der Waals surface area contributed by atoms with Gasteiger partial charge in [-0.15, -0.1) is 0 Å². The van der Waals surface area contributed by atoms with Gasteiger partial charge in [0.2, 0.25) is 11.8 Å². The molecule has 0 fully saturated rings. The Bertz CT molecular complexity index is 856. The molecule has 4 heteroatoms. The van der Waals surface area contributed by atoms with Crippen molar-refractivity contribution in [2.45, 2.75) is 72.9 Å². The van der Waals surface area contributed by atoms with E-state index in [1.165, 1.54) is 5.56 Å². The quantitative estimate of drug-likeness (QED) is 0.569. The van der Waals surface area contributed by atoms with E-state index in [9.17, 15) is 9.59 Å². The summed E-state index contributed by atoms with van der Waals surface area (Å²) in [4.78, 5) is 27.7. The maximum Gasteiger partial charge on any atom is 0.242 e. The minimum atomic E-state index is -0.519. The van der Waals surface area contributed by atoms with Crippen LogP contribution in [0.15, 0.2) is 48.5 Å². The van der Waals surface area contributed by atoms with Crippen LogP contribution >= 0.6 is 0 Å². The van der Waals surface area contributed by atoms with Gasteiger partial charge in [-0.1, -0.05) is 76.2 Å². The first-order valence-corrected chi connectivity index (χ1v) is 11.4. The Kier molecular flexibility index (Phi) is 9.29. The van der Waals surface area contributed by atoms with E-state index in [-0.39, 0.29) is 11.8 Å². The van der Waals surface area contributed by atoms with Gasteiger partial charge in [0.1, 0.15) is 6.04 Å². The summed E-state index contributed by atoms with van der Waals surface area (Å²) in [6, 6.07) is 16.0. The van der Waals surface area contributed by atoms with Gasteiger partial charge in [0.15, 0.2) is 0 Å². The van der Waals surface area contributed by atoms with Gasteiger partial charge in [-0.2, -0.15) is 0 Å². The molecular formula is C27H38N2O2. The Labute approximate surface area is 188 Å². The fourth-order valence-electron chi connectivity index (χ4n) is 3.47. The number of nitrogens with zero attached hydrogens (tertiary/aromatic N) is 1. The molecule has 0 radical (unpaired) electrons. The highest BCUT2D eigenvalue weighted by molar-refractivity contribution is 5.87. The van der Waals surface area contributed by atoms with Gasteiger partial charge in [0.25, 0.3) is 0 Å². The summed E-state index contributed by atoms with van der Waals surface area (Å²) < 4.78 is 0. The molecule has 2 amide bonds. The second-order valence-corrected chi connectivity index (χ2v) is 9.16. The van der Waals surface area contributed by atoms with Gasteiger partial charge < -0.3 is 10.2 Å². The van der Waals surface area contributed by atoms with Gasteiger partial charge in [0, 0.05) is 19.5 Å². The smallest absolute Gasteiger partial charge is 0.242 e. The van der Waals surface area contributed by atoms with Crippen LogP contribution < -0.4 is 5.32 Å². The van der Waals surface area contributed by atoms with Crippen LogP contribution in [0.3, 0.4) is 0 Å². The molecule has 0 bridgehead atoms. The molecule has 0 aliphatic heterocycles. The average Bonchev–Trinajstić information content (AvgIpc) is 2.75. The maximum absolute atomic E-state index is 13.2. The molecule has 0 saturated heterocycles. The Morgan fingerprint density at radius 2 is 1.58 bits per heavy atom. The summed E-state index contributed by atoms with van der Waals surface area (Å²) in [6.45, 7) is 13.4. The molecule has 31 heavy (non-hydrogen) atoms. The molecule has 168 valence electrons. The standard InChI is InChI=1S/C27H38N2O2/c1-19(2)17-28-27(31)22(6)29(18-25-10-8-7-9-21(25)5)26(30)16-13-23-11-14-24(15-12-23)20(3)4/h7-12,14-15,19-20,22H,13,16-18H2,1-6H3,(H,28,31). The Balaban J connectivity index is 2.12. The third-order valence-corrected chi connectivity index (χ3v) is 5.73. The second-order valence-electron chi connectivity index (χ2n) is 9.16. The predicted octanol–water partition coefficient (Wildman–Crippen LogP) is 5.24. The van der Waals surface area contributed by atoms with Gasteiger partial charge in [-0.05, 0) is 54.4 Å². The van der Waals surface area contributed by atoms with Crippen molar-refractivity contribution in [1.29, 1.82) is 0 Å². The Morgan fingerprint density at radius 1 is 0.935 bits per heavy atom. The molecule has 4 nitrogen and oxygen atoms in total. The molecule has 0 saturated carbocycles. The van der Waals surface area contributed by atoms with E-state index >= 15 is 0 Å². The van der Waals surface area contributed by atoms with Crippen molar-refractivity contribution in [3.05, 3.63) is 70.8 Å². The largest absolute Gasteiger partial charge is 0.354 e. The van der Waals surface area contributed by atoms with E-state index in [0.717, 1.165) is 16.7 Å². The average molecular weight is 423 g/mol. The topological polar surface area (TPSA) is 49.4 Å². The molecule has 2 rings (SSSR count). The lowest BCUT2D eigenvalue weighted by molar-refractivity contribution is -0.140. The molecule has 2 aromatic carbocycles. The first kappa shape index (κ1) is 24.6. The van der Waals surface area contributed by atoms with Crippen molar-refractivity contribution in [2.24, 2.45) is 5.92 Å². The van der Waals surface area contributed by atoms with Crippen LogP contribution in [-0.2, 0) is 22.6 Å². The van der Waals surface area contributed by atoms with Crippen molar-refractivity contribution >= 4 is 11.8 Å². The SMILES string of the molecule is Cc1ccccc1CN(C(=O)CCc1ccc(C(C)C)cc1)C(C)C(=O)NCC(C)C. The predicted molar refractivity (Wildman–Crippen MR) is 128 cm³/mol. The zero-order valence-electron chi connectivity index (χ0n) is 19.9. The van der Waals surface area contributed by atoms with Gasteiger partial charge >= 0.3 is 0 Å². The second kappa shape index (κ2) is 11.7. The molecule has 0 aliphatic rings. The molecule has 0 heterocycles. The van der Waals surface area contributed by atoms with Crippen LogP contribution in [0, 0.1) is 12.8 Å². The number of nitrogens with one attached hydrogen (secondary N) is 1. The van der Waals surface area contributed by atoms with E-state index < -0.39 is 6.04 Å². The number of hydrogen-bond donors (Lipinski definition) is 1. The number of carbonyl (C=O) groups excluding carboxylic acids is 2. The lowest BCUT2D eigenvalue weighted by Crippen LogP contribution is -2.48. The first-order chi connectivity index (χ1) is 14.7. The van der Waals surface area contributed by atoms with Crippen molar-refractivity contribution in [3.63, 3.8) is 0 Å². The van der Waals surface area contributed by atoms with E-state index in [0.29, 0.717) is 37.8 Å². The molecule has 0 aliphatic carbocycles. The van der Waals surface area contributed by atoms with E-state index in [1.54, 1.807) is 4.90 Å². The van der Waals surface area contributed by atoms with Gasteiger partial charge in [0.05, 0.1) is 0 Å². The summed E-state index contributed by atoms with van der Waals surface area (Å²) in [6.07, 6.45) is 1.05. The van der Waals surface area contributed by atoms with Gasteiger partial charge in [-0.25, -0.2) is 0 Å². The highest BCUT2D eigenvalue weighted by atomic mass is 16.2. The van der Waals surface area contributed by atoms with Crippen LogP contribution in [-0.4, -0.2) is 29.3 Å². The number of carbonyl (C=O) groups is 2. The summed E-state index contributed by atoms with van der Waals surface area (Å²) in [5.74, 6) is 0.760. The third-order valence-electron chi connectivity index (χ3n) is 5.73. The highest BCUT2D eigenvalue weighted by Crippen LogP contribution is 2.18. The summed E-state index contributed by atoms with van der Waals surface area (Å²) in [5, 5.41) is 2.98. The molecule has 1 unspecified atom stereocenters. The van der Waals surface area contributed by atoms with E-state index in [2.05, 4.69) is 57.3 Å². The van der Waals surface area contributed by atoms with Crippen molar-refractivity contribution in [1.82, 2.24) is 10.2 Å². The summed E-state index contributed by atoms with van der Waals surface area (Å²) in [7, 11) is 0. The minimum Gasteiger partial charge on any atom is -0.354 e. The van der Waals surface area contributed by atoms with Crippen LogP contribution in [0.5, 0.6) is 0 Å². The maximum atomic E-state index is 13.2. The van der Waals surface area contributed by atoms with Crippen molar-refractivity contribution < 1.29 is 9.59 Å². The number of aryl methyl sites for hydroxylation is 2. The van der Waals surface area contributed by atoms with Crippen molar-refractivity contribution in [2.75, 3.05) is 6.54 Å². The lowest BCUT2D eigenvalue weighted by atomic mass is 10.00. The van der Waals surface area contributed by atoms with E-state index in [4.69, 9.17) is 0 Å². The zero-order valence-corrected chi connectivity index (χ0v) is 19.9. The molecule has 1 N–H and O–H groups in total. The number of amides is 2. The zero-order chi connectivity index (χ0) is 23.0. The lowest BCUT2D eigenvalue weighted by Gasteiger charge is -2.29. The molecule has 1 atom stereocenters. The normalized spacial score (nSPS) is 12.1. The minimum absolute atomic E-state index is 0.00314. The molecular weight excluding hydrogens is 384 g/mol.